The van der Waals surface area contributed by atoms with Crippen LogP contribution in [0, 0.1) is 46.3 Å². The van der Waals surface area contributed by atoms with Gasteiger partial charge < -0.3 is 4.74 Å². The van der Waals surface area contributed by atoms with Crippen molar-refractivity contribution in [2.24, 2.45) is 46.3 Å². The minimum atomic E-state index is -0.577. The molecule has 6 unspecified atom stereocenters. The van der Waals surface area contributed by atoms with Crippen LogP contribution in [0.15, 0.2) is 0 Å². The molecule has 0 spiro atoms. The van der Waals surface area contributed by atoms with E-state index in [1.165, 1.54) is 12.8 Å². The molecule has 4 saturated carbocycles. The van der Waals surface area contributed by atoms with Crippen LogP contribution in [-0.4, -0.2) is 24.3 Å². The quantitative estimate of drug-likeness (QED) is 0.645. The predicted molar refractivity (Wildman–Crippen MR) is 111 cm³/mol. The zero-order valence-corrected chi connectivity index (χ0v) is 18.8. The topological polar surface area (TPSA) is 43.4 Å². The first-order valence-corrected chi connectivity index (χ1v) is 11.7. The third-order valence-electron chi connectivity index (χ3n) is 10.1. The number of Topliss-reactive ketones (excluding diaryl/α,β-unsaturated/α-hetero) is 2. The average molecular weight is 389 g/mol. The van der Waals surface area contributed by atoms with Gasteiger partial charge in [0.15, 0.2) is 5.78 Å². The Morgan fingerprint density at radius 3 is 2.43 bits per heavy atom. The lowest BCUT2D eigenvalue weighted by molar-refractivity contribution is -0.180. The minimum Gasteiger partial charge on any atom is -0.370 e. The van der Waals surface area contributed by atoms with Gasteiger partial charge in [0.1, 0.15) is 11.4 Å². The fourth-order valence-electron chi connectivity index (χ4n) is 8.91. The number of carbonyl (C=O) groups excluding carboxylic acids is 2. The first kappa shape index (κ1) is 20.6. The normalized spacial score (nSPS) is 49.9. The van der Waals surface area contributed by atoms with E-state index in [9.17, 15) is 9.59 Å². The van der Waals surface area contributed by atoms with Gasteiger partial charge in [-0.15, -0.1) is 0 Å². The maximum Gasteiger partial charge on any atom is 0.164 e. The highest BCUT2D eigenvalue weighted by atomic mass is 16.5. The minimum absolute atomic E-state index is 0.0351. The fourth-order valence-corrected chi connectivity index (χ4v) is 8.91. The van der Waals surface area contributed by atoms with Crippen LogP contribution < -0.4 is 0 Å². The number of fused-ring (bicyclic) bond motifs is 5. The summed E-state index contributed by atoms with van der Waals surface area (Å²) in [6, 6.07) is 0. The molecule has 3 heteroatoms. The molecule has 3 nitrogen and oxygen atoms in total. The number of hydrogen-bond donors (Lipinski definition) is 0. The number of methoxy groups -OCH3 is 1. The van der Waals surface area contributed by atoms with E-state index in [1.807, 2.05) is 6.92 Å². The fraction of sp³-hybridized carbons (Fsp3) is 0.920. The zero-order chi connectivity index (χ0) is 20.5. The highest BCUT2D eigenvalue weighted by Gasteiger charge is 2.67. The van der Waals surface area contributed by atoms with E-state index in [4.69, 9.17) is 4.74 Å². The summed E-state index contributed by atoms with van der Waals surface area (Å²) < 4.78 is 6.10. The molecular formula is C25H40O3. The molecule has 0 bridgehead atoms. The van der Waals surface area contributed by atoms with Gasteiger partial charge in [-0.3, -0.25) is 9.59 Å². The maximum absolute atomic E-state index is 13.1. The monoisotopic (exact) mass is 388 g/mol. The lowest BCUT2D eigenvalue weighted by atomic mass is 9.43. The Morgan fingerprint density at radius 2 is 1.79 bits per heavy atom. The van der Waals surface area contributed by atoms with Crippen LogP contribution in [0.5, 0.6) is 0 Å². The Morgan fingerprint density at radius 1 is 1.07 bits per heavy atom. The van der Waals surface area contributed by atoms with E-state index in [0.29, 0.717) is 47.6 Å². The van der Waals surface area contributed by atoms with Crippen LogP contribution in [0.1, 0.15) is 86.0 Å². The van der Waals surface area contributed by atoms with Crippen molar-refractivity contribution in [2.45, 2.75) is 91.6 Å². The number of ketones is 2. The van der Waals surface area contributed by atoms with Crippen molar-refractivity contribution < 1.29 is 14.3 Å². The van der Waals surface area contributed by atoms with Crippen LogP contribution in [0.3, 0.4) is 0 Å². The summed E-state index contributed by atoms with van der Waals surface area (Å²) in [6.07, 6.45) is 7.67. The molecule has 4 fully saturated rings. The second kappa shape index (κ2) is 6.65. The summed E-state index contributed by atoms with van der Waals surface area (Å²) in [5.74, 6) is 4.49. The highest BCUT2D eigenvalue weighted by molar-refractivity contribution is 5.88. The molecule has 158 valence electrons. The first-order valence-electron chi connectivity index (χ1n) is 11.7. The molecule has 0 heterocycles. The molecule has 0 aromatic heterocycles. The molecule has 4 aliphatic rings. The largest absolute Gasteiger partial charge is 0.370 e. The average Bonchev–Trinajstić information content (AvgIpc) is 2.94. The third kappa shape index (κ3) is 2.57. The van der Waals surface area contributed by atoms with Crippen LogP contribution >= 0.6 is 0 Å². The Labute approximate surface area is 171 Å². The summed E-state index contributed by atoms with van der Waals surface area (Å²) in [5, 5.41) is 0. The molecule has 0 amide bonds. The Balaban J connectivity index is 1.71. The smallest absolute Gasteiger partial charge is 0.164 e. The molecule has 28 heavy (non-hydrogen) atoms. The second-order valence-electron chi connectivity index (χ2n) is 11.5. The Bertz CT molecular complexity index is 667. The molecule has 0 aromatic carbocycles. The summed E-state index contributed by atoms with van der Waals surface area (Å²) >= 11 is 0. The lowest BCUT2D eigenvalue weighted by Gasteiger charge is -2.62. The van der Waals surface area contributed by atoms with Crippen molar-refractivity contribution in [3.63, 3.8) is 0 Å². The molecule has 0 saturated heterocycles. The van der Waals surface area contributed by atoms with Gasteiger partial charge in [-0.25, -0.2) is 0 Å². The molecule has 4 aliphatic carbocycles. The van der Waals surface area contributed by atoms with E-state index in [-0.39, 0.29) is 10.8 Å². The van der Waals surface area contributed by atoms with Crippen LogP contribution in [-0.2, 0) is 14.3 Å². The molecular weight excluding hydrogens is 348 g/mol. The lowest BCUT2D eigenvalue weighted by Crippen LogP contribution is -2.60. The Kier molecular flexibility index (Phi) is 4.89. The highest BCUT2D eigenvalue weighted by Crippen LogP contribution is 2.69. The number of hydrogen-bond acceptors (Lipinski definition) is 3. The summed E-state index contributed by atoms with van der Waals surface area (Å²) in [7, 11) is 1.77. The van der Waals surface area contributed by atoms with Gasteiger partial charge in [-0.2, -0.15) is 0 Å². The maximum atomic E-state index is 13.1. The summed E-state index contributed by atoms with van der Waals surface area (Å²) in [4.78, 5) is 25.5. The van der Waals surface area contributed by atoms with Crippen molar-refractivity contribution in [3.8, 4) is 0 Å². The predicted octanol–water partition coefficient (Wildman–Crippen LogP) is 5.45. The molecule has 0 aliphatic heterocycles. The SMILES string of the molecule is CCC(=O)[C@@]1(OC)CCC2C3CC(C)(C)C4CC(=O)CC(C)C4C3CC[C@@]21C. The van der Waals surface area contributed by atoms with Crippen LogP contribution in [0.2, 0.25) is 0 Å². The molecule has 0 radical (unpaired) electrons. The number of carbonyl (C=O) groups is 2. The van der Waals surface area contributed by atoms with Crippen LogP contribution in [0.25, 0.3) is 0 Å². The van der Waals surface area contributed by atoms with Crippen molar-refractivity contribution in [3.05, 3.63) is 0 Å². The van der Waals surface area contributed by atoms with E-state index < -0.39 is 5.60 Å². The zero-order valence-electron chi connectivity index (χ0n) is 18.8. The number of rotatable bonds is 3. The Hall–Kier alpha value is -0.700. The van der Waals surface area contributed by atoms with Crippen molar-refractivity contribution in [1.82, 2.24) is 0 Å². The summed E-state index contributed by atoms with van der Waals surface area (Å²) in [6.45, 7) is 11.5. The van der Waals surface area contributed by atoms with E-state index in [0.717, 1.165) is 38.0 Å². The van der Waals surface area contributed by atoms with E-state index in [1.54, 1.807) is 7.11 Å². The molecule has 0 aromatic rings. The van der Waals surface area contributed by atoms with Gasteiger partial charge in [0.25, 0.3) is 0 Å². The first-order chi connectivity index (χ1) is 13.1. The molecule has 0 N–H and O–H groups in total. The van der Waals surface area contributed by atoms with Crippen LogP contribution in [0.4, 0.5) is 0 Å². The van der Waals surface area contributed by atoms with Gasteiger partial charge in [-0.05, 0) is 73.0 Å². The van der Waals surface area contributed by atoms with Gasteiger partial charge in [0.05, 0.1) is 0 Å². The third-order valence-corrected chi connectivity index (χ3v) is 10.1. The van der Waals surface area contributed by atoms with Crippen molar-refractivity contribution >= 4 is 11.6 Å². The number of ether oxygens (including phenoxy) is 1. The molecule has 8 atom stereocenters. The van der Waals surface area contributed by atoms with E-state index >= 15 is 0 Å². The van der Waals surface area contributed by atoms with Gasteiger partial charge in [-0.1, -0.05) is 34.6 Å². The van der Waals surface area contributed by atoms with Gasteiger partial charge >= 0.3 is 0 Å². The second-order valence-corrected chi connectivity index (χ2v) is 11.5. The van der Waals surface area contributed by atoms with Crippen molar-refractivity contribution in [1.29, 1.82) is 0 Å². The van der Waals surface area contributed by atoms with Crippen molar-refractivity contribution in [2.75, 3.05) is 7.11 Å². The van der Waals surface area contributed by atoms with Gasteiger partial charge in [0, 0.05) is 31.8 Å². The van der Waals surface area contributed by atoms with E-state index in [2.05, 4.69) is 27.7 Å². The molecule has 4 rings (SSSR count). The standard InChI is InChI=1S/C25H40O3/c1-7-21(27)25(28-6)11-9-19-18-14-23(3,4)20-13-16(26)12-15(2)22(20)17(18)8-10-24(19,25)5/h15,17-20,22H,7-14H2,1-6H3/t15?,17?,18?,19?,20?,22?,24-,25-/m0/s1. The summed E-state index contributed by atoms with van der Waals surface area (Å²) in [5.41, 5.74) is -0.402. The van der Waals surface area contributed by atoms with Gasteiger partial charge in [0.2, 0.25) is 0 Å².